The maximum atomic E-state index is 12.8. The van der Waals surface area contributed by atoms with Gasteiger partial charge in [-0.15, -0.1) is 0 Å². The van der Waals surface area contributed by atoms with E-state index in [1.54, 1.807) is 24.3 Å². The van der Waals surface area contributed by atoms with Crippen LogP contribution in [-0.4, -0.2) is 53.8 Å². The van der Waals surface area contributed by atoms with Crippen LogP contribution in [-0.2, 0) is 9.53 Å². The molecule has 2 aliphatic rings. The molecule has 0 radical (unpaired) electrons. The minimum Gasteiger partial charge on any atom is -0.490 e. The molecule has 6 heteroatoms. The molecule has 1 aromatic carbocycles. The van der Waals surface area contributed by atoms with Crippen molar-refractivity contribution in [1.82, 2.24) is 4.90 Å². The van der Waals surface area contributed by atoms with Crippen molar-refractivity contribution in [2.45, 2.75) is 43.7 Å². The Morgan fingerprint density at radius 2 is 1.96 bits per heavy atom. The molecule has 0 aromatic heterocycles. The molecular weight excluding hydrogens is 310 g/mol. The predicted molar refractivity (Wildman–Crippen MR) is 87.2 cm³/mol. The van der Waals surface area contributed by atoms with Crippen LogP contribution >= 0.6 is 0 Å². The molecule has 1 aromatic rings. The van der Waals surface area contributed by atoms with Crippen molar-refractivity contribution < 1.29 is 24.2 Å². The van der Waals surface area contributed by atoms with Crippen LogP contribution in [0.5, 0.6) is 5.75 Å². The van der Waals surface area contributed by atoms with Crippen molar-refractivity contribution in [1.29, 1.82) is 0 Å². The number of hydrogen-bond acceptors (Lipinski definition) is 4. The Morgan fingerprint density at radius 3 is 2.50 bits per heavy atom. The number of ether oxygens (including phenoxy) is 2. The number of rotatable bonds is 6. The van der Waals surface area contributed by atoms with E-state index >= 15 is 0 Å². The maximum Gasteiger partial charge on any atom is 0.332 e. The van der Waals surface area contributed by atoms with E-state index in [9.17, 15) is 14.7 Å². The van der Waals surface area contributed by atoms with E-state index < -0.39 is 11.5 Å². The lowest BCUT2D eigenvalue weighted by Gasteiger charge is -2.34. The fourth-order valence-electron chi connectivity index (χ4n) is 3.36. The molecule has 0 bridgehead atoms. The first-order valence-corrected chi connectivity index (χ1v) is 8.38. The van der Waals surface area contributed by atoms with Crippen molar-refractivity contribution >= 4 is 11.9 Å². The van der Waals surface area contributed by atoms with Crippen LogP contribution in [0, 0.1) is 0 Å². The van der Waals surface area contributed by atoms with E-state index in [1.807, 2.05) is 0 Å². The van der Waals surface area contributed by atoms with Gasteiger partial charge >= 0.3 is 5.97 Å². The number of carbonyl (C=O) groups is 2. The smallest absolute Gasteiger partial charge is 0.332 e. The third kappa shape index (κ3) is 2.98. The molecule has 1 saturated carbocycles. The highest BCUT2D eigenvalue weighted by atomic mass is 16.5. The molecule has 1 heterocycles. The number of amides is 1. The summed E-state index contributed by atoms with van der Waals surface area (Å²) in [4.78, 5) is 26.0. The molecule has 1 saturated heterocycles. The number of carboxylic acid groups (broad SMARTS) is 1. The van der Waals surface area contributed by atoms with Crippen molar-refractivity contribution in [3.05, 3.63) is 29.8 Å². The molecule has 1 atom stereocenters. The summed E-state index contributed by atoms with van der Waals surface area (Å²) < 4.78 is 10.9. The van der Waals surface area contributed by atoms with Crippen molar-refractivity contribution in [2.75, 3.05) is 20.3 Å². The number of methoxy groups -OCH3 is 1. The standard InChI is InChI=1S/C18H23NO5/c1-23-12-18(17(21)22)10-3-11-19(18)16(20)13-6-8-15(9-7-13)24-14-4-2-5-14/h6-9,14H,2-5,10-12H2,1H3,(H,21,22). The number of benzene rings is 1. The molecule has 1 aliphatic carbocycles. The second-order valence-electron chi connectivity index (χ2n) is 6.53. The van der Waals surface area contributed by atoms with Gasteiger partial charge in [0.25, 0.3) is 5.91 Å². The summed E-state index contributed by atoms with van der Waals surface area (Å²) in [6, 6.07) is 6.96. The fraction of sp³-hybridized carbons (Fsp3) is 0.556. The van der Waals surface area contributed by atoms with Crippen LogP contribution in [0.2, 0.25) is 0 Å². The number of carboxylic acids is 1. The summed E-state index contributed by atoms with van der Waals surface area (Å²) in [5, 5.41) is 9.64. The molecule has 0 spiro atoms. The third-order valence-corrected chi connectivity index (χ3v) is 4.97. The summed E-state index contributed by atoms with van der Waals surface area (Å²) in [6.45, 7) is 0.422. The monoisotopic (exact) mass is 333 g/mol. The van der Waals surface area contributed by atoms with Gasteiger partial charge in [-0.2, -0.15) is 0 Å². The topological polar surface area (TPSA) is 76.1 Å². The van der Waals surface area contributed by atoms with Crippen LogP contribution < -0.4 is 4.74 Å². The highest BCUT2D eigenvalue weighted by Crippen LogP contribution is 2.32. The quantitative estimate of drug-likeness (QED) is 0.864. The van der Waals surface area contributed by atoms with Gasteiger partial charge in [-0.05, 0) is 56.4 Å². The van der Waals surface area contributed by atoms with E-state index in [4.69, 9.17) is 9.47 Å². The van der Waals surface area contributed by atoms with Gasteiger partial charge in [0.2, 0.25) is 0 Å². The molecule has 6 nitrogen and oxygen atoms in total. The summed E-state index contributed by atoms with van der Waals surface area (Å²) in [5.74, 6) is -0.540. The second-order valence-corrected chi connectivity index (χ2v) is 6.53. The lowest BCUT2D eigenvalue weighted by atomic mass is 9.96. The van der Waals surface area contributed by atoms with Crippen LogP contribution in [0.3, 0.4) is 0 Å². The molecule has 3 rings (SSSR count). The number of carbonyl (C=O) groups excluding carboxylic acids is 1. The summed E-state index contributed by atoms with van der Waals surface area (Å²) >= 11 is 0. The Hall–Kier alpha value is -2.08. The zero-order chi connectivity index (χ0) is 17.2. The zero-order valence-corrected chi connectivity index (χ0v) is 13.9. The Labute approximate surface area is 141 Å². The highest BCUT2D eigenvalue weighted by molar-refractivity contribution is 5.98. The van der Waals surface area contributed by atoms with Crippen LogP contribution in [0.15, 0.2) is 24.3 Å². The zero-order valence-electron chi connectivity index (χ0n) is 13.9. The molecule has 1 aliphatic heterocycles. The van der Waals surface area contributed by atoms with Gasteiger partial charge in [0.1, 0.15) is 5.75 Å². The lowest BCUT2D eigenvalue weighted by molar-refractivity contribution is -0.151. The van der Waals surface area contributed by atoms with E-state index in [-0.39, 0.29) is 18.6 Å². The molecular formula is C18H23NO5. The molecule has 24 heavy (non-hydrogen) atoms. The summed E-state index contributed by atoms with van der Waals surface area (Å²) in [5.41, 5.74) is -0.799. The van der Waals surface area contributed by atoms with Crippen molar-refractivity contribution in [3.63, 3.8) is 0 Å². The number of nitrogens with zero attached hydrogens (tertiary/aromatic N) is 1. The molecule has 1 amide bonds. The van der Waals surface area contributed by atoms with Gasteiger partial charge in [0.05, 0.1) is 12.7 Å². The maximum absolute atomic E-state index is 12.8. The highest BCUT2D eigenvalue weighted by Gasteiger charge is 2.50. The Balaban J connectivity index is 1.75. The molecule has 130 valence electrons. The Morgan fingerprint density at radius 1 is 1.25 bits per heavy atom. The first-order valence-electron chi connectivity index (χ1n) is 8.38. The van der Waals surface area contributed by atoms with E-state index in [0.29, 0.717) is 24.9 Å². The summed E-state index contributed by atoms with van der Waals surface area (Å²) in [7, 11) is 1.46. The molecule has 2 fully saturated rings. The number of likely N-dealkylation sites (tertiary alicyclic amines) is 1. The van der Waals surface area contributed by atoms with E-state index in [2.05, 4.69) is 0 Å². The first kappa shape index (κ1) is 16.8. The minimum absolute atomic E-state index is 0.00303. The van der Waals surface area contributed by atoms with Crippen LogP contribution in [0.4, 0.5) is 0 Å². The predicted octanol–water partition coefficient (Wildman–Crippen LogP) is 2.32. The average molecular weight is 333 g/mol. The van der Waals surface area contributed by atoms with Crippen molar-refractivity contribution in [3.8, 4) is 5.75 Å². The molecule has 1 unspecified atom stereocenters. The normalized spacial score (nSPS) is 23.8. The first-order chi connectivity index (χ1) is 11.6. The fourth-order valence-corrected chi connectivity index (χ4v) is 3.36. The van der Waals surface area contributed by atoms with Crippen LogP contribution in [0.25, 0.3) is 0 Å². The SMILES string of the molecule is COCC1(C(=O)O)CCCN1C(=O)c1ccc(OC2CCC2)cc1. The Kier molecular flexibility index (Phi) is 4.76. The third-order valence-electron chi connectivity index (χ3n) is 4.97. The van der Waals surface area contributed by atoms with E-state index in [1.165, 1.54) is 18.4 Å². The van der Waals surface area contributed by atoms with Gasteiger partial charge in [-0.25, -0.2) is 4.79 Å². The van der Waals surface area contributed by atoms with Gasteiger partial charge in [0.15, 0.2) is 5.54 Å². The van der Waals surface area contributed by atoms with Gasteiger partial charge < -0.3 is 19.5 Å². The second kappa shape index (κ2) is 6.81. The lowest BCUT2D eigenvalue weighted by Crippen LogP contribution is -2.56. The van der Waals surface area contributed by atoms with Gasteiger partial charge in [-0.3, -0.25) is 4.79 Å². The van der Waals surface area contributed by atoms with Crippen molar-refractivity contribution in [2.24, 2.45) is 0 Å². The summed E-state index contributed by atoms with van der Waals surface area (Å²) in [6.07, 6.45) is 4.70. The number of aliphatic carboxylic acids is 1. The van der Waals surface area contributed by atoms with Gasteiger partial charge in [0, 0.05) is 19.2 Å². The number of hydrogen-bond donors (Lipinski definition) is 1. The van der Waals surface area contributed by atoms with E-state index in [0.717, 1.165) is 18.6 Å². The van der Waals surface area contributed by atoms with Crippen LogP contribution in [0.1, 0.15) is 42.5 Å². The largest absolute Gasteiger partial charge is 0.490 e. The van der Waals surface area contributed by atoms with Gasteiger partial charge in [-0.1, -0.05) is 0 Å². The average Bonchev–Trinajstić information content (AvgIpc) is 2.96. The minimum atomic E-state index is -1.27. The molecule has 1 N–H and O–H groups in total. The Bertz CT molecular complexity index is 610.